The van der Waals surface area contributed by atoms with Crippen LogP contribution in [0.2, 0.25) is 0 Å². The van der Waals surface area contributed by atoms with E-state index in [0.29, 0.717) is 18.7 Å². The Morgan fingerprint density at radius 2 is 2.15 bits per heavy atom. The fourth-order valence-corrected chi connectivity index (χ4v) is 6.91. The number of piperidine rings is 1. The Balaban J connectivity index is 1.58. The van der Waals surface area contributed by atoms with E-state index in [0.717, 1.165) is 28.1 Å². The second-order valence-corrected chi connectivity index (χ2v) is 10.8. The van der Waals surface area contributed by atoms with Crippen molar-refractivity contribution in [3.8, 4) is 0 Å². The lowest BCUT2D eigenvalue weighted by atomic mass is 10.0. The molecule has 3 aromatic rings. The van der Waals surface area contributed by atoms with Crippen LogP contribution in [0.4, 0.5) is 5.69 Å². The second kappa shape index (κ2) is 7.31. The molecule has 1 amide bonds. The number of sulfonamides is 1. The highest BCUT2D eigenvalue weighted by atomic mass is 32.2. The van der Waals surface area contributed by atoms with E-state index in [9.17, 15) is 13.2 Å². The number of anilines is 1. The molecule has 0 bridgehead atoms. The number of carbonyl (C=O) groups is 1. The number of hydrogen-bond acceptors (Lipinski definition) is 6. The number of fused-ring (bicyclic) bond motifs is 1. The first-order valence-electron chi connectivity index (χ1n) is 8.68. The highest BCUT2D eigenvalue weighted by Crippen LogP contribution is 2.29. The van der Waals surface area contributed by atoms with Crippen molar-refractivity contribution < 1.29 is 13.2 Å². The Hall–Kier alpha value is -1.81. The van der Waals surface area contributed by atoms with Gasteiger partial charge in [0.05, 0.1) is 15.2 Å². The Morgan fingerprint density at radius 3 is 2.93 bits per heavy atom. The molecule has 0 radical (unpaired) electrons. The molecule has 142 valence electrons. The van der Waals surface area contributed by atoms with E-state index in [4.69, 9.17) is 0 Å². The molecule has 1 N–H and O–H groups in total. The van der Waals surface area contributed by atoms with Gasteiger partial charge in [-0.3, -0.25) is 4.79 Å². The molecule has 1 aliphatic rings. The zero-order valence-electron chi connectivity index (χ0n) is 14.7. The number of amides is 1. The summed E-state index contributed by atoms with van der Waals surface area (Å²) in [5.41, 5.74) is 1.47. The lowest BCUT2D eigenvalue weighted by Gasteiger charge is -2.33. The Morgan fingerprint density at radius 1 is 1.30 bits per heavy atom. The highest BCUT2D eigenvalue weighted by Gasteiger charge is 2.38. The standard InChI is InChI=1S/C18H19N3O3S3/c1-12-19-14-11-13(7-8-16(14)26-12)20-18(22)15-5-2-3-9-21(15)27(23,24)17-6-4-10-25-17/h4,6-8,10-11,15H,2-3,5,9H2,1H3,(H,20,22)/t15-/m1/s1. The molecule has 0 spiro atoms. The molecule has 0 aliphatic carbocycles. The number of rotatable bonds is 4. The summed E-state index contributed by atoms with van der Waals surface area (Å²) in [5, 5.41) is 5.58. The maximum Gasteiger partial charge on any atom is 0.253 e. The van der Waals surface area contributed by atoms with Gasteiger partial charge in [0.1, 0.15) is 10.3 Å². The van der Waals surface area contributed by atoms with E-state index < -0.39 is 16.1 Å². The number of thiophene rings is 1. The number of nitrogens with one attached hydrogen (secondary N) is 1. The number of carbonyl (C=O) groups excluding carboxylic acids is 1. The van der Waals surface area contributed by atoms with Crippen LogP contribution < -0.4 is 5.32 Å². The fourth-order valence-electron chi connectivity index (χ4n) is 3.33. The molecule has 1 fully saturated rings. The van der Waals surface area contributed by atoms with Gasteiger partial charge in [-0.1, -0.05) is 12.5 Å². The summed E-state index contributed by atoms with van der Waals surface area (Å²) >= 11 is 2.78. The molecule has 27 heavy (non-hydrogen) atoms. The van der Waals surface area contributed by atoms with Crippen molar-refractivity contribution in [2.75, 3.05) is 11.9 Å². The van der Waals surface area contributed by atoms with Crippen molar-refractivity contribution >= 4 is 54.5 Å². The lowest BCUT2D eigenvalue weighted by Crippen LogP contribution is -2.49. The number of aromatic nitrogens is 1. The molecule has 2 aromatic heterocycles. The molecule has 3 heterocycles. The zero-order valence-corrected chi connectivity index (χ0v) is 17.2. The van der Waals surface area contributed by atoms with Crippen molar-refractivity contribution in [1.29, 1.82) is 0 Å². The van der Waals surface area contributed by atoms with Gasteiger partial charge in [-0.15, -0.1) is 22.7 Å². The first kappa shape index (κ1) is 18.5. The van der Waals surface area contributed by atoms with E-state index in [1.165, 1.54) is 15.6 Å². The third-order valence-corrected chi connectivity index (χ3v) is 8.81. The molecule has 1 aliphatic heterocycles. The van der Waals surface area contributed by atoms with Crippen LogP contribution in [-0.4, -0.2) is 36.2 Å². The predicted octanol–water partition coefficient (Wildman–Crippen LogP) is 3.85. The van der Waals surface area contributed by atoms with Gasteiger partial charge in [0.15, 0.2) is 0 Å². The molecular weight excluding hydrogens is 402 g/mol. The topological polar surface area (TPSA) is 79.4 Å². The average Bonchev–Trinajstić information content (AvgIpc) is 3.30. The minimum atomic E-state index is -3.66. The van der Waals surface area contributed by atoms with Crippen LogP contribution in [0.5, 0.6) is 0 Å². The largest absolute Gasteiger partial charge is 0.325 e. The fraction of sp³-hybridized carbons (Fsp3) is 0.333. The van der Waals surface area contributed by atoms with Crippen LogP contribution in [0.1, 0.15) is 24.3 Å². The summed E-state index contributed by atoms with van der Waals surface area (Å²) in [6.07, 6.45) is 2.12. The summed E-state index contributed by atoms with van der Waals surface area (Å²) in [6, 6.07) is 8.19. The number of benzene rings is 1. The molecule has 0 saturated carbocycles. The van der Waals surface area contributed by atoms with E-state index >= 15 is 0 Å². The lowest BCUT2D eigenvalue weighted by molar-refractivity contribution is -0.120. The monoisotopic (exact) mass is 421 g/mol. The van der Waals surface area contributed by atoms with Gasteiger partial charge in [-0.25, -0.2) is 13.4 Å². The maximum atomic E-state index is 12.9. The van der Waals surface area contributed by atoms with Gasteiger partial charge in [0, 0.05) is 12.2 Å². The predicted molar refractivity (Wildman–Crippen MR) is 109 cm³/mol. The number of hydrogen-bond donors (Lipinski definition) is 1. The Bertz CT molecular complexity index is 1070. The zero-order chi connectivity index (χ0) is 19.0. The minimum absolute atomic E-state index is 0.279. The SMILES string of the molecule is Cc1nc2cc(NC(=O)[C@H]3CCCCN3S(=O)(=O)c3cccs3)ccc2s1. The minimum Gasteiger partial charge on any atom is -0.325 e. The molecule has 9 heteroatoms. The van der Waals surface area contributed by atoms with Crippen molar-refractivity contribution in [3.63, 3.8) is 0 Å². The molecule has 0 unspecified atom stereocenters. The van der Waals surface area contributed by atoms with Gasteiger partial charge in [0.25, 0.3) is 10.0 Å². The molecule has 1 saturated heterocycles. The highest BCUT2D eigenvalue weighted by molar-refractivity contribution is 7.91. The van der Waals surface area contributed by atoms with Crippen LogP contribution in [0, 0.1) is 6.92 Å². The molecule has 1 aromatic carbocycles. The Labute approximate surface area is 165 Å². The number of aryl methyl sites for hydroxylation is 1. The first-order chi connectivity index (χ1) is 12.9. The smallest absolute Gasteiger partial charge is 0.253 e. The second-order valence-electron chi connectivity index (χ2n) is 6.46. The van der Waals surface area contributed by atoms with Gasteiger partial charge in [0.2, 0.25) is 5.91 Å². The summed E-state index contributed by atoms with van der Waals surface area (Å²) in [4.78, 5) is 17.3. The van der Waals surface area contributed by atoms with Crippen LogP contribution in [-0.2, 0) is 14.8 Å². The van der Waals surface area contributed by atoms with Crippen LogP contribution >= 0.6 is 22.7 Å². The van der Waals surface area contributed by atoms with Gasteiger partial charge < -0.3 is 5.32 Å². The van der Waals surface area contributed by atoms with E-state index in [1.54, 1.807) is 28.8 Å². The molecule has 6 nitrogen and oxygen atoms in total. The van der Waals surface area contributed by atoms with Crippen LogP contribution in [0.25, 0.3) is 10.2 Å². The summed E-state index contributed by atoms with van der Waals surface area (Å²) in [6.45, 7) is 2.31. The summed E-state index contributed by atoms with van der Waals surface area (Å²) in [5.74, 6) is -0.291. The van der Waals surface area contributed by atoms with Crippen LogP contribution in [0.3, 0.4) is 0 Å². The van der Waals surface area contributed by atoms with Gasteiger partial charge in [-0.2, -0.15) is 4.31 Å². The van der Waals surface area contributed by atoms with Crippen molar-refractivity contribution in [2.45, 2.75) is 36.4 Å². The summed E-state index contributed by atoms with van der Waals surface area (Å²) in [7, 11) is -3.66. The Kier molecular flexibility index (Phi) is 5.02. The normalized spacial score (nSPS) is 18.6. The number of thiazole rings is 1. The van der Waals surface area contributed by atoms with Crippen molar-refractivity contribution in [1.82, 2.24) is 9.29 Å². The third-order valence-electron chi connectivity index (χ3n) is 4.58. The van der Waals surface area contributed by atoms with Gasteiger partial charge >= 0.3 is 0 Å². The average molecular weight is 422 g/mol. The number of nitrogens with zero attached hydrogens (tertiary/aromatic N) is 2. The third kappa shape index (κ3) is 3.64. The van der Waals surface area contributed by atoms with Crippen molar-refractivity contribution in [3.05, 3.63) is 40.7 Å². The molecule has 4 rings (SSSR count). The first-order valence-corrected chi connectivity index (χ1v) is 11.8. The van der Waals surface area contributed by atoms with Gasteiger partial charge in [-0.05, 0) is 49.4 Å². The maximum absolute atomic E-state index is 12.9. The van der Waals surface area contributed by atoms with Crippen molar-refractivity contribution in [2.24, 2.45) is 0 Å². The van der Waals surface area contributed by atoms with E-state index in [2.05, 4.69) is 10.3 Å². The molecular formula is C18H19N3O3S3. The molecule has 1 atom stereocenters. The van der Waals surface area contributed by atoms with E-state index in [1.807, 2.05) is 25.1 Å². The van der Waals surface area contributed by atoms with Crippen LogP contribution in [0.15, 0.2) is 39.9 Å². The quantitative estimate of drug-likeness (QED) is 0.694. The van der Waals surface area contributed by atoms with E-state index in [-0.39, 0.29) is 10.1 Å². The summed E-state index contributed by atoms with van der Waals surface area (Å²) < 4.78 is 28.6.